The maximum Gasteiger partial charge on any atom is 2.00 e. The summed E-state index contributed by atoms with van der Waals surface area (Å²) in [6.07, 6.45) is 1.63. The van der Waals surface area contributed by atoms with E-state index in [0.29, 0.717) is 12.8 Å². The van der Waals surface area contributed by atoms with E-state index in [1.54, 1.807) is 0 Å². The average molecular weight is 370 g/mol. The molecule has 0 aliphatic heterocycles. The van der Waals surface area contributed by atoms with Crippen molar-refractivity contribution in [2.45, 2.75) is 66.2 Å². The largest absolute Gasteiger partial charge is 2.00 e. The van der Waals surface area contributed by atoms with E-state index in [2.05, 4.69) is 0 Å². The Hall–Kier alpha value is -1.20. The maximum atomic E-state index is 10.8. The van der Waals surface area contributed by atoms with Gasteiger partial charge in [-0.25, -0.2) is 0 Å². The molecule has 0 aliphatic carbocycles. The van der Waals surface area contributed by atoms with E-state index in [0.717, 1.165) is 12.8 Å². The van der Waals surface area contributed by atoms with Crippen LogP contribution in [0.2, 0.25) is 0 Å². The molecule has 0 saturated carbocycles. The van der Waals surface area contributed by atoms with Gasteiger partial charge in [0.25, 0.3) is 0 Å². The monoisotopic (exact) mass is 370 g/mol. The van der Waals surface area contributed by atoms with Crippen molar-refractivity contribution in [3.8, 4) is 0 Å². The van der Waals surface area contributed by atoms with E-state index >= 15 is 0 Å². The summed E-state index contributed by atoms with van der Waals surface area (Å²) >= 11 is 0. The Morgan fingerprint density at radius 3 is 1.17 bits per heavy atom. The second-order valence-electron chi connectivity index (χ2n) is 5.61. The Bertz CT molecular complexity index is 345. The molecule has 0 radical (unpaired) electrons. The number of hydrogen-bond acceptors (Lipinski definition) is 6. The SMILES string of the molecule is CCC(C)CC(=O)CC(=O)[O-].CCC(C)CC(=O)CC(=O)[O-].[Fe+2]. The molecule has 7 heteroatoms. The topological polar surface area (TPSA) is 114 Å². The van der Waals surface area contributed by atoms with Crippen LogP contribution in [0.3, 0.4) is 0 Å². The fourth-order valence-electron chi connectivity index (χ4n) is 1.53. The van der Waals surface area contributed by atoms with Crippen LogP contribution >= 0.6 is 0 Å². The number of carbonyl (C=O) groups excluding carboxylic acids is 4. The summed E-state index contributed by atoms with van der Waals surface area (Å²) in [5.74, 6) is -2.47. The van der Waals surface area contributed by atoms with E-state index in [9.17, 15) is 29.4 Å². The molecule has 2 unspecified atom stereocenters. The average Bonchev–Trinajstić information content (AvgIpc) is 2.36. The van der Waals surface area contributed by atoms with Gasteiger partial charge in [-0.1, -0.05) is 40.5 Å². The number of ketones is 2. The molecule has 0 aromatic carbocycles. The van der Waals surface area contributed by atoms with Gasteiger partial charge in [0.05, 0.1) is 0 Å². The molecule has 0 aliphatic rings. The van der Waals surface area contributed by atoms with Gasteiger partial charge in [0.1, 0.15) is 11.6 Å². The molecule has 134 valence electrons. The van der Waals surface area contributed by atoms with Crippen LogP contribution in [0.5, 0.6) is 0 Å². The summed E-state index contributed by atoms with van der Waals surface area (Å²) in [7, 11) is 0. The van der Waals surface area contributed by atoms with E-state index in [1.165, 1.54) is 0 Å². The van der Waals surface area contributed by atoms with E-state index in [4.69, 9.17) is 0 Å². The summed E-state index contributed by atoms with van der Waals surface area (Å²) in [4.78, 5) is 41.5. The minimum Gasteiger partial charge on any atom is -0.550 e. The zero-order chi connectivity index (χ0) is 17.7. The van der Waals surface area contributed by atoms with Gasteiger partial charge >= 0.3 is 17.1 Å². The van der Waals surface area contributed by atoms with Gasteiger partial charge < -0.3 is 19.8 Å². The van der Waals surface area contributed by atoms with Crippen LogP contribution in [0, 0.1) is 11.8 Å². The Labute approximate surface area is 148 Å². The number of rotatable bonds is 10. The molecule has 0 amide bonds. The Morgan fingerprint density at radius 2 is 1.00 bits per heavy atom. The van der Waals surface area contributed by atoms with Crippen LogP contribution in [-0.4, -0.2) is 23.5 Å². The normalized spacial score (nSPS) is 12.0. The molecule has 2 atom stereocenters. The van der Waals surface area contributed by atoms with Crippen LogP contribution in [-0.2, 0) is 36.2 Å². The van der Waals surface area contributed by atoms with Crippen molar-refractivity contribution >= 4 is 23.5 Å². The molecule has 23 heavy (non-hydrogen) atoms. The molecule has 0 heterocycles. The number of carboxylic acids is 2. The van der Waals surface area contributed by atoms with Gasteiger partial charge in [-0.05, 0) is 11.8 Å². The third-order valence-corrected chi connectivity index (χ3v) is 3.23. The molecule has 6 nitrogen and oxygen atoms in total. The first-order chi connectivity index (χ1) is 10.1. The van der Waals surface area contributed by atoms with Crippen molar-refractivity contribution in [1.82, 2.24) is 0 Å². The molecule has 0 bridgehead atoms. The number of carboxylic acid groups (broad SMARTS) is 2. The van der Waals surface area contributed by atoms with Crippen LogP contribution in [0.25, 0.3) is 0 Å². The van der Waals surface area contributed by atoms with Crippen molar-refractivity contribution in [2.24, 2.45) is 11.8 Å². The Morgan fingerprint density at radius 1 is 0.739 bits per heavy atom. The zero-order valence-electron chi connectivity index (χ0n) is 14.2. The predicted molar refractivity (Wildman–Crippen MR) is 77.4 cm³/mol. The summed E-state index contributed by atoms with van der Waals surface area (Å²) < 4.78 is 0. The second kappa shape index (κ2) is 15.7. The number of carbonyl (C=O) groups is 4. The Kier molecular flexibility index (Phi) is 18.2. The minimum absolute atomic E-state index is 0. The van der Waals surface area contributed by atoms with Gasteiger partial charge in [0, 0.05) is 37.6 Å². The predicted octanol–water partition coefficient (Wildman–Crippen LogP) is 0.261. The fourth-order valence-corrected chi connectivity index (χ4v) is 1.53. The maximum absolute atomic E-state index is 10.8. The first-order valence-corrected chi connectivity index (χ1v) is 7.55. The quantitative estimate of drug-likeness (QED) is 0.403. The van der Waals surface area contributed by atoms with E-state index in [-0.39, 0.29) is 40.5 Å². The first kappa shape index (κ1) is 26.7. The molecule has 0 N–H and O–H groups in total. The zero-order valence-corrected chi connectivity index (χ0v) is 15.3. The van der Waals surface area contributed by atoms with Crippen molar-refractivity contribution < 1.29 is 46.5 Å². The molecule has 0 spiro atoms. The first-order valence-electron chi connectivity index (χ1n) is 7.55. The summed E-state index contributed by atoms with van der Waals surface area (Å²) in [5, 5.41) is 19.9. The van der Waals surface area contributed by atoms with Crippen molar-refractivity contribution in [1.29, 1.82) is 0 Å². The number of Topliss-reactive ketones (excluding diaryl/α,β-unsaturated/α-hetero) is 2. The minimum atomic E-state index is -1.28. The van der Waals surface area contributed by atoms with Gasteiger partial charge in [-0.2, -0.15) is 0 Å². The Balaban J connectivity index is -0.000000333. The molecule has 0 saturated heterocycles. The van der Waals surface area contributed by atoms with Crippen molar-refractivity contribution in [2.75, 3.05) is 0 Å². The van der Waals surface area contributed by atoms with Gasteiger partial charge in [0.15, 0.2) is 0 Å². The summed E-state index contributed by atoms with van der Waals surface area (Å²) in [6.45, 7) is 7.79. The van der Waals surface area contributed by atoms with Crippen LogP contribution in [0.1, 0.15) is 66.2 Å². The second-order valence-corrected chi connectivity index (χ2v) is 5.61. The molecule has 0 aromatic heterocycles. The van der Waals surface area contributed by atoms with Crippen LogP contribution in [0.4, 0.5) is 0 Å². The fraction of sp³-hybridized carbons (Fsp3) is 0.750. The van der Waals surface area contributed by atoms with Crippen molar-refractivity contribution in [3.63, 3.8) is 0 Å². The third kappa shape index (κ3) is 20.8. The number of aliphatic carboxylic acids is 2. The standard InChI is InChI=1S/2C8H14O3.Fe/c2*1-3-6(2)4-7(9)5-8(10)11;/h2*6H,3-5H2,1-2H3,(H,10,11);/q;;+2/p-2. The third-order valence-electron chi connectivity index (χ3n) is 3.23. The van der Waals surface area contributed by atoms with E-state index in [1.807, 2.05) is 27.7 Å². The van der Waals surface area contributed by atoms with Crippen LogP contribution in [0.15, 0.2) is 0 Å². The molecule has 0 aromatic rings. The van der Waals surface area contributed by atoms with Gasteiger partial charge in [-0.3, -0.25) is 9.59 Å². The van der Waals surface area contributed by atoms with Crippen LogP contribution < -0.4 is 10.2 Å². The van der Waals surface area contributed by atoms with E-state index < -0.39 is 24.8 Å². The summed E-state index contributed by atoms with van der Waals surface area (Å²) in [6, 6.07) is 0. The van der Waals surface area contributed by atoms with Gasteiger partial charge in [-0.15, -0.1) is 0 Å². The molecular weight excluding hydrogens is 344 g/mol. The molecular formula is C16H26FeO6. The molecule has 0 rings (SSSR count). The van der Waals surface area contributed by atoms with Gasteiger partial charge in [0.2, 0.25) is 0 Å². The molecule has 0 fully saturated rings. The summed E-state index contributed by atoms with van der Waals surface area (Å²) in [5.41, 5.74) is 0. The van der Waals surface area contributed by atoms with Crippen molar-refractivity contribution in [3.05, 3.63) is 0 Å². The number of hydrogen-bond donors (Lipinski definition) is 0. The smallest absolute Gasteiger partial charge is 0.550 e.